The molecule has 2 aliphatic heterocycles. The van der Waals surface area contributed by atoms with Crippen molar-refractivity contribution in [1.82, 2.24) is 24.8 Å². The van der Waals surface area contributed by atoms with E-state index >= 15 is 0 Å². The quantitative estimate of drug-likeness (QED) is 0.857. The molecule has 2 aromatic rings. The lowest BCUT2D eigenvalue weighted by Crippen LogP contribution is -2.45. The van der Waals surface area contributed by atoms with Crippen molar-refractivity contribution in [2.75, 3.05) is 26.2 Å². The summed E-state index contributed by atoms with van der Waals surface area (Å²) in [6, 6.07) is 6.08. The summed E-state index contributed by atoms with van der Waals surface area (Å²) in [5, 5.41) is 0. The van der Waals surface area contributed by atoms with Crippen LogP contribution in [-0.4, -0.2) is 56.8 Å². The molecule has 6 nitrogen and oxygen atoms in total. The minimum Gasteiger partial charge on any atom is -0.337 e. The average molecular weight is 337 g/mol. The second-order valence-electron chi connectivity index (χ2n) is 7.20. The molecule has 130 valence electrons. The number of carbonyl (C=O) groups excluding carboxylic acids is 1. The lowest BCUT2D eigenvalue weighted by molar-refractivity contribution is 0.0668. The number of likely N-dealkylation sites (tertiary alicyclic amines) is 2. The number of aromatic nitrogens is 3. The Morgan fingerprint density at radius 3 is 2.84 bits per heavy atom. The van der Waals surface area contributed by atoms with Crippen molar-refractivity contribution in [2.24, 2.45) is 5.41 Å². The van der Waals surface area contributed by atoms with Crippen LogP contribution in [0.15, 0.2) is 43.0 Å². The summed E-state index contributed by atoms with van der Waals surface area (Å²) < 4.78 is 0. The molecule has 25 heavy (non-hydrogen) atoms. The zero-order valence-electron chi connectivity index (χ0n) is 14.3. The van der Waals surface area contributed by atoms with Gasteiger partial charge in [0, 0.05) is 50.2 Å². The van der Waals surface area contributed by atoms with Crippen LogP contribution in [0.25, 0.3) is 0 Å². The molecule has 0 saturated carbocycles. The van der Waals surface area contributed by atoms with Gasteiger partial charge in [0.05, 0.1) is 11.9 Å². The molecule has 2 saturated heterocycles. The lowest BCUT2D eigenvalue weighted by Gasteiger charge is -2.40. The molecule has 6 heteroatoms. The fourth-order valence-corrected chi connectivity index (χ4v) is 4.18. The Kier molecular flexibility index (Phi) is 4.44. The lowest BCUT2D eigenvalue weighted by atomic mass is 9.79. The molecular weight excluding hydrogens is 314 g/mol. The molecular formula is C19H23N5O. The Balaban J connectivity index is 1.41. The number of carbonyl (C=O) groups is 1. The highest BCUT2D eigenvalue weighted by Gasteiger charge is 2.43. The molecule has 2 fully saturated rings. The molecule has 1 amide bonds. The second-order valence-corrected chi connectivity index (χ2v) is 7.20. The zero-order valence-corrected chi connectivity index (χ0v) is 14.3. The topological polar surface area (TPSA) is 62.2 Å². The van der Waals surface area contributed by atoms with Crippen LogP contribution in [0.4, 0.5) is 0 Å². The SMILES string of the molecule is O=C(c1cnccn1)N1CC[C@]2(CCCN(Cc3ccccn3)C2)C1. The summed E-state index contributed by atoms with van der Waals surface area (Å²) in [6.45, 7) is 4.67. The molecule has 1 spiro atoms. The molecule has 4 heterocycles. The Bertz CT molecular complexity index is 723. The van der Waals surface area contributed by atoms with Crippen LogP contribution in [0.5, 0.6) is 0 Å². The van der Waals surface area contributed by atoms with Crippen molar-refractivity contribution in [3.63, 3.8) is 0 Å². The molecule has 2 aromatic heterocycles. The number of nitrogens with zero attached hydrogens (tertiary/aromatic N) is 5. The Labute approximate surface area is 147 Å². The standard InChI is InChI=1S/C19H23N5O/c25-18(17-12-20-8-9-22-17)24-11-6-19(15-24)5-3-10-23(14-19)13-16-4-1-2-7-21-16/h1-2,4,7-9,12H,3,5-6,10-11,13-15H2/t19-/m0/s1. The first-order chi connectivity index (χ1) is 12.2. The fraction of sp³-hybridized carbons (Fsp3) is 0.474. The van der Waals surface area contributed by atoms with Gasteiger partial charge in [0.15, 0.2) is 0 Å². The van der Waals surface area contributed by atoms with Crippen LogP contribution >= 0.6 is 0 Å². The van der Waals surface area contributed by atoms with Gasteiger partial charge in [-0.25, -0.2) is 4.98 Å². The second kappa shape index (κ2) is 6.88. The van der Waals surface area contributed by atoms with E-state index in [0.717, 1.165) is 44.8 Å². The van der Waals surface area contributed by atoms with Crippen LogP contribution in [0, 0.1) is 5.41 Å². The first-order valence-electron chi connectivity index (χ1n) is 8.92. The van der Waals surface area contributed by atoms with Gasteiger partial charge in [-0.05, 0) is 37.9 Å². The molecule has 0 N–H and O–H groups in total. The highest BCUT2D eigenvalue weighted by Crippen LogP contribution is 2.39. The maximum atomic E-state index is 12.6. The largest absolute Gasteiger partial charge is 0.337 e. The smallest absolute Gasteiger partial charge is 0.274 e. The first kappa shape index (κ1) is 16.1. The van der Waals surface area contributed by atoms with Crippen LogP contribution in [0.1, 0.15) is 35.4 Å². The third kappa shape index (κ3) is 3.54. The van der Waals surface area contributed by atoms with Crippen molar-refractivity contribution in [2.45, 2.75) is 25.8 Å². The van der Waals surface area contributed by atoms with Gasteiger partial charge in [0.2, 0.25) is 0 Å². The van der Waals surface area contributed by atoms with Crippen LogP contribution < -0.4 is 0 Å². The molecule has 0 bridgehead atoms. The average Bonchev–Trinajstić information content (AvgIpc) is 3.06. The molecule has 1 atom stereocenters. The Hall–Kier alpha value is -2.34. The number of pyridine rings is 1. The van der Waals surface area contributed by atoms with Crippen LogP contribution in [-0.2, 0) is 6.54 Å². The van der Waals surface area contributed by atoms with Crippen molar-refractivity contribution in [3.8, 4) is 0 Å². The minimum atomic E-state index is 0.00632. The Morgan fingerprint density at radius 1 is 1.08 bits per heavy atom. The van der Waals surface area contributed by atoms with E-state index in [1.807, 2.05) is 23.2 Å². The summed E-state index contributed by atoms with van der Waals surface area (Å²) in [4.78, 5) is 29.7. The van der Waals surface area contributed by atoms with E-state index in [0.29, 0.717) is 5.69 Å². The van der Waals surface area contributed by atoms with Gasteiger partial charge in [-0.1, -0.05) is 6.07 Å². The molecule has 4 rings (SSSR count). The van der Waals surface area contributed by atoms with Crippen molar-refractivity contribution >= 4 is 5.91 Å². The number of hydrogen-bond donors (Lipinski definition) is 0. The van der Waals surface area contributed by atoms with E-state index in [9.17, 15) is 4.79 Å². The van der Waals surface area contributed by atoms with E-state index in [1.54, 1.807) is 18.6 Å². The predicted molar refractivity (Wildman–Crippen MR) is 93.7 cm³/mol. The highest BCUT2D eigenvalue weighted by atomic mass is 16.2. The van der Waals surface area contributed by atoms with Crippen molar-refractivity contribution in [3.05, 3.63) is 54.4 Å². The molecule has 2 aliphatic rings. The maximum Gasteiger partial charge on any atom is 0.274 e. The van der Waals surface area contributed by atoms with Gasteiger partial charge >= 0.3 is 0 Å². The van der Waals surface area contributed by atoms with Gasteiger partial charge in [-0.15, -0.1) is 0 Å². The third-order valence-electron chi connectivity index (χ3n) is 5.36. The monoisotopic (exact) mass is 337 g/mol. The minimum absolute atomic E-state index is 0.00632. The fourth-order valence-electron chi connectivity index (χ4n) is 4.18. The normalized spacial score (nSPS) is 23.9. The van der Waals surface area contributed by atoms with E-state index in [-0.39, 0.29) is 11.3 Å². The highest BCUT2D eigenvalue weighted by molar-refractivity contribution is 5.92. The van der Waals surface area contributed by atoms with E-state index in [1.165, 1.54) is 12.8 Å². The number of hydrogen-bond acceptors (Lipinski definition) is 5. The van der Waals surface area contributed by atoms with Crippen LogP contribution in [0.3, 0.4) is 0 Å². The third-order valence-corrected chi connectivity index (χ3v) is 5.36. The maximum absolute atomic E-state index is 12.6. The van der Waals surface area contributed by atoms with Crippen LogP contribution in [0.2, 0.25) is 0 Å². The number of piperidine rings is 1. The first-order valence-corrected chi connectivity index (χ1v) is 8.92. The van der Waals surface area contributed by atoms with E-state index in [2.05, 4.69) is 25.9 Å². The van der Waals surface area contributed by atoms with Gasteiger partial charge in [-0.2, -0.15) is 0 Å². The molecule has 0 radical (unpaired) electrons. The number of rotatable bonds is 3. The predicted octanol–water partition coefficient (Wildman–Crippen LogP) is 2.00. The summed E-state index contributed by atoms with van der Waals surface area (Å²) >= 11 is 0. The van der Waals surface area contributed by atoms with Gasteiger partial charge < -0.3 is 4.90 Å². The van der Waals surface area contributed by atoms with E-state index in [4.69, 9.17) is 0 Å². The number of amides is 1. The van der Waals surface area contributed by atoms with Gasteiger partial charge in [-0.3, -0.25) is 19.7 Å². The summed E-state index contributed by atoms with van der Waals surface area (Å²) in [6.07, 6.45) is 10.0. The molecule has 0 aliphatic carbocycles. The van der Waals surface area contributed by atoms with Gasteiger partial charge in [0.25, 0.3) is 5.91 Å². The Morgan fingerprint density at radius 2 is 2.04 bits per heavy atom. The summed E-state index contributed by atoms with van der Waals surface area (Å²) in [5.41, 5.74) is 1.77. The van der Waals surface area contributed by atoms with Crippen molar-refractivity contribution < 1.29 is 4.79 Å². The summed E-state index contributed by atoms with van der Waals surface area (Å²) in [5.74, 6) is 0.00632. The molecule has 0 unspecified atom stereocenters. The van der Waals surface area contributed by atoms with Gasteiger partial charge in [0.1, 0.15) is 5.69 Å². The summed E-state index contributed by atoms with van der Waals surface area (Å²) in [7, 11) is 0. The molecule has 0 aromatic carbocycles. The van der Waals surface area contributed by atoms with E-state index < -0.39 is 0 Å². The van der Waals surface area contributed by atoms with Crippen molar-refractivity contribution in [1.29, 1.82) is 0 Å². The zero-order chi connectivity index (χ0) is 17.1.